The normalized spacial score (nSPS) is 13.3. The molecular weight excluding hydrogens is 431 g/mol. The van der Waals surface area contributed by atoms with Crippen molar-refractivity contribution in [1.82, 2.24) is 15.1 Å². The minimum atomic E-state index is -0.381. The Balaban J connectivity index is 1.44. The van der Waals surface area contributed by atoms with Gasteiger partial charge >= 0.3 is 0 Å². The van der Waals surface area contributed by atoms with Gasteiger partial charge in [0.1, 0.15) is 5.82 Å². The number of carbonyl (C=O) groups excluding carboxylic acids is 1. The van der Waals surface area contributed by atoms with Gasteiger partial charge in [0.05, 0.1) is 24.0 Å². The highest BCUT2D eigenvalue weighted by molar-refractivity contribution is 5.96. The molecule has 7 heteroatoms. The molecule has 1 aromatic heterocycles. The van der Waals surface area contributed by atoms with E-state index < -0.39 is 0 Å². The number of methoxy groups -OCH3 is 1. The molecular formula is C27H27FN4O2. The first kappa shape index (κ1) is 22.1. The Hall–Kier alpha value is -3.71. The van der Waals surface area contributed by atoms with Crippen LogP contribution in [-0.4, -0.2) is 42.0 Å². The Morgan fingerprint density at radius 1 is 1.15 bits per heavy atom. The molecule has 2 N–H and O–H groups in total. The number of fused-ring (bicyclic) bond motifs is 1. The van der Waals surface area contributed by atoms with Gasteiger partial charge < -0.3 is 15.4 Å². The number of carbonyl (C=O) groups is 1. The molecule has 4 aromatic rings. The number of hydrogen-bond donors (Lipinski definition) is 2. The summed E-state index contributed by atoms with van der Waals surface area (Å²) in [5.74, 6) is -0.606. The maximum Gasteiger partial charge on any atom is 0.251 e. The zero-order chi connectivity index (χ0) is 23.7. The molecule has 3 aromatic carbocycles. The van der Waals surface area contributed by atoms with Crippen LogP contribution in [0.4, 0.5) is 10.1 Å². The van der Waals surface area contributed by atoms with Crippen molar-refractivity contribution in [3.8, 4) is 16.8 Å². The molecule has 0 atom stereocenters. The molecule has 0 spiro atoms. The van der Waals surface area contributed by atoms with Crippen LogP contribution >= 0.6 is 0 Å². The molecule has 1 saturated carbocycles. The van der Waals surface area contributed by atoms with Gasteiger partial charge in [0.15, 0.2) is 0 Å². The highest BCUT2D eigenvalue weighted by atomic mass is 19.1. The maximum absolute atomic E-state index is 14.7. The molecule has 6 nitrogen and oxygen atoms in total. The van der Waals surface area contributed by atoms with Gasteiger partial charge in [-0.1, -0.05) is 6.07 Å². The number of rotatable bonds is 8. The number of hydrogen-bond acceptors (Lipinski definition) is 4. The monoisotopic (exact) mass is 458 g/mol. The van der Waals surface area contributed by atoms with Crippen molar-refractivity contribution in [1.29, 1.82) is 0 Å². The predicted octanol–water partition coefficient (Wildman–Crippen LogP) is 5.09. The Morgan fingerprint density at radius 2 is 1.94 bits per heavy atom. The second kappa shape index (κ2) is 9.27. The minimum absolute atomic E-state index is 0.220. The highest BCUT2D eigenvalue weighted by Gasteiger charge is 2.24. The number of amides is 1. The van der Waals surface area contributed by atoms with Gasteiger partial charge in [-0.05, 0) is 85.0 Å². The van der Waals surface area contributed by atoms with E-state index in [2.05, 4.69) is 15.7 Å². The highest BCUT2D eigenvalue weighted by Crippen LogP contribution is 2.31. The SMILES string of the molecule is COCCNc1ccc(-n2ncc3cc(-c4cc(C(=O)NC5CC5)cc(F)c4C)ccc32)cc1. The molecule has 174 valence electrons. The lowest BCUT2D eigenvalue weighted by atomic mass is 9.96. The van der Waals surface area contributed by atoms with E-state index in [-0.39, 0.29) is 17.8 Å². The van der Waals surface area contributed by atoms with Crippen LogP contribution in [-0.2, 0) is 4.74 Å². The van der Waals surface area contributed by atoms with Crippen LogP contribution in [0.3, 0.4) is 0 Å². The number of halogens is 1. The van der Waals surface area contributed by atoms with Crippen LogP contribution < -0.4 is 10.6 Å². The molecule has 0 radical (unpaired) electrons. The van der Waals surface area contributed by atoms with Gasteiger partial charge in [-0.2, -0.15) is 5.10 Å². The summed E-state index contributed by atoms with van der Waals surface area (Å²) in [6.07, 6.45) is 3.78. The quantitative estimate of drug-likeness (QED) is 0.361. The van der Waals surface area contributed by atoms with Crippen molar-refractivity contribution < 1.29 is 13.9 Å². The van der Waals surface area contributed by atoms with Crippen LogP contribution in [0.25, 0.3) is 27.7 Å². The zero-order valence-electron chi connectivity index (χ0n) is 19.3. The van der Waals surface area contributed by atoms with Crippen molar-refractivity contribution in [3.05, 3.63) is 77.7 Å². The second-order valence-corrected chi connectivity index (χ2v) is 8.67. The molecule has 0 aliphatic heterocycles. The van der Waals surface area contributed by atoms with Crippen molar-refractivity contribution in [3.63, 3.8) is 0 Å². The lowest BCUT2D eigenvalue weighted by Gasteiger charge is -2.12. The number of nitrogens with one attached hydrogen (secondary N) is 2. The van der Waals surface area contributed by atoms with Crippen molar-refractivity contribution in [2.24, 2.45) is 0 Å². The fourth-order valence-electron chi connectivity index (χ4n) is 4.03. The van der Waals surface area contributed by atoms with Crippen LogP contribution in [0.5, 0.6) is 0 Å². The van der Waals surface area contributed by atoms with E-state index in [0.717, 1.165) is 47.2 Å². The summed E-state index contributed by atoms with van der Waals surface area (Å²) in [5.41, 5.74) is 5.34. The molecule has 0 saturated heterocycles. The first-order chi connectivity index (χ1) is 16.5. The summed E-state index contributed by atoms with van der Waals surface area (Å²) in [4.78, 5) is 12.5. The van der Waals surface area contributed by atoms with Gasteiger partial charge in [0.2, 0.25) is 0 Å². The Morgan fingerprint density at radius 3 is 2.68 bits per heavy atom. The Kier molecular flexibility index (Phi) is 6.02. The van der Waals surface area contributed by atoms with Gasteiger partial charge in [0.25, 0.3) is 5.91 Å². The van der Waals surface area contributed by atoms with E-state index in [1.54, 1.807) is 26.3 Å². The van der Waals surface area contributed by atoms with Crippen molar-refractivity contribution >= 4 is 22.5 Å². The molecule has 1 fully saturated rings. The van der Waals surface area contributed by atoms with Gasteiger partial charge in [-0.3, -0.25) is 4.79 Å². The van der Waals surface area contributed by atoms with E-state index in [0.29, 0.717) is 23.3 Å². The topological polar surface area (TPSA) is 68.2 Å². The molecule has 5 rings (SSSR count). The van der Waals surface area contributed by atoms with Crippen LogP contribution in [0.15, 0.2) is 60.8 Å². The minimum Gasteiger partial charge on any atom is -0.383 e. The summed E-state index contributed by atoms with van der Waals surface area (Å²) in [5, 5.41) is 11.7. The summed E-state index contributed by atoms with van der Waals surface area (Å²) in [7, 11) is 1.68. The number of aromatic nitrogens is 2. The maximum atomic E-state index is 14.7. The van der Waals surface area contributed by atoms with E-state index in [1.165, 1.54) is 6.07 Å². The largest absolute Gasteiger partial charge is 0.383 e. The van der Waals surface area contributed by atoms with Gasteiger partial charge in [-0.15, -0.1) is 0 Å². The third-order valence-electron chi connectivity index (χ3n) is 6.15. The van der Waals surface area contributed by atoms with E-state index >= 15 is 0 Å². The van der Waals surface area contributed by atoms with Gasteiger partial charge in [0, 0.05) is 36.3 Å². The number of benzene rings is 3. The molecule has 1 aliphatic rings. The summed E-state index contributed by atoms with van der Waals surface area (Å²) in [6, 6.07) is 17.3. The third kappa shape index (κ3) is 4.52. The second-order valence-electron chi connectivity index (χ2n) is 8.67. The zero-order valence-corrected chi connectivity index (χ0v) is 19.3. The van der Waals surface area contributed by atoms with Gasteiger partial charge in [-0.25, -0.2) is 9.07 Å². The summed E-state index contributed by atoms with van der Waals surface area (Å²) in [6.45, 7) is 3.13. The van der Waals surface area contributed by atoms with Crippen LogP contribution in [0, 0.1) is 12.7 Å². The first-order valence-corrected chi connectivity index (χ1v) is 11.5. The standard InChI is InChI=1S/C27H27FN4O2/c1-17-24(14-19(15-25(17)28)27(33)31-22-4-5-22)18-3-10-26-20(13-18)16-30-32(26)23-8-6-21(7-9-23)29-11-12-34-2/h3,6-10,13-16,22,29H,4-5,11-12H2,1-2H3,(H,31,33). The van der Waals surface area contributed by atoms with Crippen molar-refractivity contribution in [2.45, 2.75) is 25.8 Å². The molecule has 1 aliphatic carbocycles. The number of nitrogens with zero attached hydrogens (tertiary/aromatic N) is 2. The lowest BCUT2D eigenvalue weighted by Crippen LogP contribution is -2.25. The smallest absolute Gasteiger partial charge is 0.251 e. The fourth-order valence-corrected chi connectivity index (χ4v) is 4.03. The molecule has 34 heavy (non-hydrogen) atoms. The summed E-state index contributed by atoms with van der Waals surface area (Å²) < 4.78 is 21.6. The summed E-state index contributed by atoms with van der Waals surface area (Å²) >= 11 is 0. The molecule has 1 amide bonds. The first-order valence-electron chi connectivity index (χ1n) is 11.5. The Labute approximate surface area is 197 Å². The van der Waals surface area contributed by atoms with E-state index in [4.69, 9.17) is 4.74 Å². The van der Waals surface area contributed by atoms with Crippen LogP contribution in [0.2, 0.25) is 0 Å². The average molecular weight is 459 g/mol. The molecule has 0 bridgehead atoms. The van der Waals surface area contributed by atoms with E-state index in [9.17, 15) is 9.18 Å². The average Bonchev–Trinajstić information content (AvgIpc) is 3.56. The van der Waals surface area contributed by atoms with Crippen LogP contribution in [0.1, 0.15) is 28.8 Å². The Bertz CT molecular complexity index is 1340. The van der Waals surface area contributed by atoms with E-state index in [1.807, 2.05) is 47.1 Å². The number of ether oxygens (including phenoxy) is 1. The third-order valence-corrected chi connectivity index (χ3v) is 6.15. The number of anilines is 1. The lowest BCUT2D eigenvalue weighted by molar-refractivity contribution is 0.0950. The molecule has 0 unspecified atom stereocenters. The fraction of sp³-hybridized carbons (Fsp3) is 0.259. The van der Waals surface area contributed by atoms with Crippen molar-refractivity contribution in [2.75, 3.05) is 25.6 Å². The molecule has 1 heterocycles. The predicted molar refractivity (Wildman–Crippen MR) is 132 cm³/mol.